The lowest BCUT2D eigenvalue weighted by Gasteiger charge is -2.15. The Hall–Kier alpha value is -2.17. The van der Waals surface area contributed by atoms with E-state index in [0.717, 1.165) is 30.5 Å². The number of nitrogen functional groups attached to an aromatic ring is 1. The van der Waals surface area contributed by atoms with E-state index < -0.39 is 0 Å². The van der Waals surface area contributed by atoms with Crippen LogP contribution in [-0.2, 0) is 0 Å². The maximum absolute atomic E-state index is 5.65. The number of pyridine rings is 1. The van der Waals surface area contributed by atoms with Crippen molar-refractivity contribution in [3.63, 3.8) is 0 Å². The molecule has 0 bridgehead atoms. The van der Waals surface area contributed by atoms with E-state index in [1.54, 1.807) is 6.07 Å². The zero-order chi connectivity index (χ0) is 13.7. The Labute approximate surface area is 113 Å². The lowest BCUT2D eigenvalue weighted by molar-refractivity contribution is 0.661. The monoisotopic (exact) mass is 257 g/mol. The summed E-state index contributed by atoms with van der Waals surface area (Å²) >= 11 is 0. The van der Waals surface area contributed by atoms with Gasteiger partial charge in [0.25, 0.3) is 0 Å². The number of nitrogens with one attached hydrogen (secondary N) is 1. The van der Waals surface area contributed by atoms with Gasteiger partial charge in [-0.2, -0.15) is 0 Å². The molecule has 0 radical (unpaired) electrons. The molecular formula is C14H19N5. The summed E-state index contributed by atoms with van der Waals surface area (Å²) in [6.07, 6.45) is 6.67. The van der Waals surface area contributed by atoms with Crippen LogP contribution in [0.5, 0.6) is 0 Å². The minimum atomic E-state index is 0.343. The number of nitrogens with zero attached hydrogens (tertiary/aromatic N) is 3. The quantitative estimate of drug-likeness (QED) is 0.614. The SMILES string of the molecule is C=CCCCC(C)Nc1ncnc2nc(N)ccc12. The summed E-state index contributed by atoms with van der Waals surface area (Å²) in [7, 11) is 0. The minimum absolute atomic E-state index is 0.343. The Bertz CT molecular complexity index is 567. The normalized spacial score (nSPS) is 12.3. The molecule has 5 nitrogen and oxygen atoms in total. The van der Waals surface area contributed by atoms with Crippen LogP contribution in [0, 0.1) is 0 Å². The van der Waals surface area contributed by atoms with E-state index in [2.05, 4.69) is 33.8 Å². The van der Waals surface area contributed by atoms with Crippen LogP contribution < -0.4 is 11.1 Å². The highest BCUT2D eigenvalue weighted by atomic mass is 15.1. The van der Waals surface area contributed by atoms with Crippen molar-refractivity contribution in [2.24, 2.45) is 0 Å². The van der Waals surface area contributed by atoms with E-state index in [-0.39, 0.29) is 0 Å². The van der Waals surface area contributed by atoms with Gasteiger partial charge in [-0.15, -0.1) is 6.58 Å². The van der Waals surface area contributed by atoms with Crippen LogP contribution in [0.4, 0.5) is 11.6 Å². The van der Waals surface area contributed by atoms with Crippen molar-refractivity contribution in [2.75, 3.05) is 11.1 Å². The fourth-order valence-corrected chi connectivity index (χ4v) is 1.95. The molecule has 0 aliphatic heterocycles. The average Bonchev–Trinajstić information content (AvgIpc) is 2.39. The lowest BCUT2D eigenvalue weighted by Crippen LogP contribution is -2.16. The Morgan fingerprint density at radius 2 is 2.26 bits per heavy atom. The number of unbranched alkanes of at least 4 members (excludes halogenated alkanes) is 1. The maximum Gasteiger partial charge on any atom is 0.166 e. The Balaban J connectivity index is 2.14. The van der Waals surface area contributed by atoms with Gasteiger partial charge in [0, 0.05) is 6.04 Å². The number of allylic oxidation sites excluding steroid dienone is 1. The predicted octanol–water partition coefficient (Wildman–Crippen LogP) is 2.76. The van der Waals surface area contributed by atoms with Crippen LogP contribution in [0.2, 0.25) is 0 Å². The summed E-state index contributed by atoms with van der Waals surface area (Å²) in [5, 5.41) is 4.29. The highest BCUT2D eigenvalue weighted by Crippen LogP contribution is 2.20. The van der Waals surface area contributed by atoms with E-state index in [4.69, 9.17) is 5.73 Å². The first-order valence-corrected chi connectivity index (χ1v) is 6.45. The topological polar surface area (TPSA) is 76.7 Å². The van der Waals surface area contributed by atoms with Crippen molar-refractivity contribution < 1.29 is 0 Å². The number of fused-ring (bicyclic) bond motifs is 1. The molecule has 5 heteroatoms. The van der Waals surface area contributed by atoms with Crippen LogP contribution in [-0.4, -0.2) is 21.0 Å². The largest absolute Gasteiger partial charge is 0.384 e. The Morgan fingerprint density at radius 1 is 1.42 bits per heavy atom. The van der Waals surface area contributed by atoms with Crippen LogP contribution in [0.25, 0.3) is 11.0 Å². The first kappa shape index (κ1) is 13.3. The van der Waals surface area contributed by atoms with E-state index in [1.807, 2.05) is 12.1 Å². The third-order valence-electron chi connectivity index (χ3n) is 2.95. The van der Waals surface area contributed by atoms with Crippen molar-refractivity contribution in [3.05, 3.63) is 31.1 Å². The summed E-state index contributed by atoms with van der Waals surface area (Å²) in [5.74, 6) is 1.28. The van der Waals surface area contributed by atoms with E-state index in [1.165, 1.54) is 6.33 Å². The van der Waals surface area contributed by atoms with Crippen molar-refractivity contribution >= 4 is 22.7 Å². The van der Waals surface area contributed by atoms with E-state index in [0.29, 0.717) is 17.5 Å². The molecule has 1 unspecified atom stereocenters. The van der Waals surface area contributed by atoms with Gasteiger partial charge in [-0.1, -0.05) is 6.08 Å². The zero-order valence-corrected chi connectivity index (χ0v) is 11.1. The van der Waals surface area contributed by atoms with Crippen LogP contribution >= 0.6 is 0 Å². The second kappa shape index (κ2) is 6.13. The molecule has 0 amide bonds. The Morgan fingerprint density at radius 3 is 3.05 bits per heavy atom. The summed E-state index contributed by atoms with van der Waals surface area (Å²) in [4.78, 5) is 12.6. The second-order valence-electron chi connectivity index (χ2n) is 4.59. The van der Waals surface area contributed by atoms with Gasteiger partial charge in [0.2, 0.25) is 0 Å². The van der Waals surface area contributed by atoms with Gasteiger partial charge < -0.3 is 11.1 Å². The molecule has 2 aromatic rings. The van der Waals surface area contributed by atoms with Crippen molar-refractivity contribution in [1.29, 1.82) is 0 Å². The summed E-state index contributed by atoms with van der Waals surface area (Å²) < 4.78 is 0. The second-order valence-corrected chi connectivity index (χ2v) is 4.59. The molecule has 2 heterocycles. The van der Waals surface area contributed by atoms with E-state index in [9.17, 15) is 0 Å². The first-order valence-electron chi connectivity index (χ1n) is 6.45. The molecule has 0 aromatic carbocycles. The van der Waals surface area contributed by atoms with Crippen molar-refractivity contribution in [3.8, 4) is 0 Å². The van der Waals surface area contributed by atoms with E-state index >= 15 is 0 Å². The van der Waals surface area contributed by atoms with Crippen molar-refractivity contribution in [1.82, 2.24) is 15.0 Å². The number of hydrogen-bond acceptors (Lipinski definition) is 5. The molecule has 2 rings (SSSR count). The Kier molecular flexibility index (Phi) is 4.28. The molecule has 2 aromatic heterocycles. The van der Waals surface area contributed by atoms with Crippen LogP contribution in [0.3, 0.4) is 0 Å². The number of rotatable bonds is 6. The molecule has 0 aliphatic rings. The van der Waals surface area contributed by atoms with Gasteiger partial charge in [0.1, 0.15) is 18.0 Å². The first-order chi connectivity index (χ1) is 9.20. The molecule has 3 N–H and O–H groups in total. The molecule has 1 atom stereocenters. The molecule has 0 aliphatic carbocycles. The lowest BCUT2D eigenvalue weighted by atomic mass is 10.1. The number of aromatic nitrogens is 3. The zero-order valence-electron chi connectivity index (χ0n) is 11.1. The highest BCUT2D eigenvalue weighted by molar-refractivity contribution is 5.87. The fourth-order valence-electron chi connectivity index (χ4n) is 1.95. The molecule has 19 heavy (non-hydrogen) atoms. The van der Waals surface area contributed by atoms with Gasteiger partial charge in [-0.3, -0.25) is 0 Å². The van der Waals surface area contributed by atoms with Gasteiger partial charge >= 0.3 is 0 Å². The van der Waals surface area contributed by atoms with Gasteiger partial charge in [0.15, 0.2) is 5.65 Å². The van der Waals surface area contributed by atoms with Gasteiger partial charge in [0.05, 0.1) is 5.39 Å². The maximum atomic E-state index is 5.65. The average molecular weight is 257 g/mol. The highest BCUT2D eigenvalue weighted by Gasteiger charge is 2.08. The minimum Gasteiger partial charge on any atom is -0.384 e. The molecule has 0 saturated heterocycles. The molecule has 0 fully saturated rings. The standard InChI is InChI=1S/C14H19N5/c1-3-4-5-6-10(2)18-13-11-7-8-12(15)19-14(11)17-9-16-13/h3,7-10H,1,4-6H2,2H3,(H3,15,16,17,18,19). The smallest absolute Gasteiger partial charge is 0.166 e. The predicted molar refractivity (Wildman–Crippen MR) is 78.9 cm³/mol. The van der Waals surface area contributed by atoms with Crippen molar-refractivity contribution in [2.45, 2.75) is 32.2 Å². The number of hydrogen-bond donors (Lipinski definition) is 2. The molecule has 100 valence electrons. The third kappa shape index (κ3) is 3.40. The van der Waals surface area contributed by atoms with Gasteiger partial charge in [-0.25, -0.2) is 15.0 Å². The summed E-state index contributed by atoms with van der Waals surface area (Å²) in [6, 6.07) is 4.01. The summed E-state index contributed by atoms with van der Waals surface area (Å²) in [5.41, 5.74) is 6.28. The van der Waals surface area contributed by atoms with Crippen LogP contribution in [0.1, 0.15) is 26.2 Å². The summed E-state index contributed by atoms with van der Waals surface area (Å²) in [6.45, 7) is 5.87. The number of nitrogens with two attached hydrogens (primary N) is 1. The molecule has 0 spiro atoms. The third-order valence-corrected chi connectivity index (χ3v) is 2.95. The fraction of sp³-hybridized carbons (Fsp3) is 0.357. The molecule has 0 saturated carbocycles. The van der Waals surface area contributed by atoms with Crippen LogP contribution in [0.15, 0.2) is 31.1 Å². The number of anilines is 2. The van der Waals surface area contributed by atoms with Gasteiger partial charge in [-0.05, 0) is 38.3 Å². The molecular weight excluding hydrogens is 238 g/mol.